The van der Waals surface area contributed by atoms with E-state index in [2.05, 4.69) is 25.8 Å². The van der Waals surface area contributed by atoms with Crippen LogP contribution in [0.4, 0.5) is 34.1 Å². The molecular weight excluding hydrogens is 645 g/mol. The van der Waals surface area contributed by atoms with Crippen LogP contribution in [0.3, 0.4) is 0 Å². The summed E-state index contributed by atoms with van der Waals surface area (Å²) in [6.07, 6.45) is 0. The van der Waals surface area contributed by atoms with Gasteiger partial charge in [0.2, 0.25) is 0 Å². The number of rotatable bonds is 9. The fourth-order valence-electron chi connectivity index (χ4n) is 4.31. The molecule has 0 spiro atoms. The van der Waals surface area contributed by atoms with Gasteiger partial charge in [-0.15, -0.1) is 10.2 Å². The summed E-state index contributed by atoms with van der Waals surface area (Å²) in [5.74, 6) is -0.386. The number of nitrogens with one attached hydrogen (secondary N) is 1. The molecule has 0 saturated carbocycles. The van der Waals surface area contributed by atoms with Gasteiger partial charge in [0.1, 0.15) is 37.4 Å². The van der Waals surface area contributed by atoms with Gasteiger partial charge in [-0.1, -0.05) is 18.2 Å². The Labute approximate surface area is 286 Å². The van der Waals surface area contributed by atoms with Crippen LogP contribution >= 0.6 is 0 Å². The van der Waals surface area contributed by atoms with Crippen molar-refractivity contribution < 1.29 is 65.3 Å². The van der Waals surface area contributed by atoms with E-state index >= 15 is 0 Å². The van der Waals surface area contributed by atoms with Gasteiger partial charge >= 0.3 is 29.6 Å². The number of para-hydroxylation sites is 1. The maximum Gasteiger partial charge on any atom is 1.00 e. The number of aryl methyl sites for hydroxylation is 1. The van der Waals surface area contributed by atoms with Crippen molar-refractivity contribution in [3.63, 3.8) is 0 Å². The van der Waals surface area contributed by atoms with Crippen molar-refractivity contribution in [2.24, 2.45) is 20.5 Å². The zero-order valence-corrected chi connectivity index (χ0v) is 28.2. The maximum absolute atomic E-state index is 12.2. The summed E-state index contributed by atoms with van der Waals surface area (Å²) >= 11 is 0. The van der Waals surface area contributed by atoms with E-state index < -0.39 is 41.5 Å². The number of phenolic OH excluding ortho intramolecular Hbond substituents is 1. The molecule has 5 rings (SSSR count). The molecule has 46 heavy (non-hydrogen) atoms. The third kappa shape index (κ3) is 7.94. The molecule has 0 unspecified atom stereocenters. The monoisotopic (exact) mass is 668 g/mol. The molecule has 0 bridgehead atoms. The summed E-state index contributed by atoms with van der Waals surface area (Å²) in [5, 5.41) is 31.0. The van der Waals surface area contributed by atoms with E-state index in [1.54, 1.807) is 25.1 Å². The molecule has 0 aliphatic rings. The fourth-order valence-corrected chi connectivity index (χ4v) is 5.43. The molecule has 0 radical (unpaired) electrons. The number of hydrogen-bond donors (Lipinski definition) is 2. The van der Waals surface area contributed by atoms with E-state index in [4.69, 9.17) is 4.74 Å². The van der Waals surface area contributed by atoms with Gasteiger partial charge in [-0.3, -0.25) is 0 Å². The fraction of sp³-hybridized carbons (Fsp3) is 0.0667. The second-order valence-corrected chi connectivity index (χ2v) is 12.3. The van der Waals surface area contributed by atoms with E-state index in [1.165, 1.54) is 31.4 Å². The summed E-state index contributed by atoms with van der Waals surface area (Å²) in [4.78, 5) is -1.16. The Balaban J connectivity index is 0.00000480. The van der Waals surface area contributed by atoms with Crippen molar-refractivity contribution in [1.82, 2.24) is 0 Å². The summed E-state index contributed by atoms with van der Waals surface area (Å²) in [7, 11) is -8.33. The first-order chi connectivity index (χ1) is 21.3. The molecule has 2 N–H and O–H groups in total. The number of fused-ring (bicyclic) bond motifs is 1. The zero-order valence-electron chi connectivity index (χ0n) is 24.6. The second-order valence-electron chi connectivity index (χ2n) is 9.61. The normalized spacial score (nSPS) is 12.0. The van der Waals surface area contributed by atoms with Gasteiger partial charge in [0.25, 0.3) is 0 Å². The van der Waals surface area contributed by atoms with Gasteiger partial charge < -0.3 is 24.3 Å². The molecule has 0 fully saturated rings. The average Bonchev–Trinajstić information content (AvgIpc) is 2.99. The third-order valence-corrected chi connectivity index (χ3v) is 8.24. The standard InChI is InChI=1S/C30H25N5O8S2.Na/c1-18-14-26(27(43-2)17-25(18)33-32-21-8-11-23(12-9-21)44(37,38)39)34-35-29-28(45(40,41)42)16-19-15-22(10-13-24(19)30(29)36)31-20-6-4-3-5-7-20;/h3-17,31,36H,1-2H3,(H,37,38,39)(H,40,41,42);/q;+1/p-2. The van der Waals surface area contributed by atoms with Crippen molar-refractivity contribution in [3.05, 3.63) is 96.6 Å². The van der Waals surface area contributed by atoms with Gasteiger partial charge in [0.15, 0.2) is 5.75 Å². The minimum atomic E-state index is -5.09. The van der Waals surface area contributed by atoms with Crippen LogP contribution in [0.2, 0.25) is 0 Å². The number of benzene rings is 5. The number of methoxy groups -OCH3 is 1. The van der Waals surface area contributed by atoms with E-state index in [1.807, 2.05) is 30.3 Å². The van der Waals surface area contributed by atoms with Crippen molar-refractivity contribution in [1.29, 1.82) is 0 Å². The van der Waals surface area contributed by atoms with Crippen LogP contribution in [0.15, 0.2) is 121 Å². The van der Waals surface area contributed by atoms with Crippen LogP contribution in [0.1, 0.15) is 5.56 Å². The van der Waals surface area contributed by atoms with Crippen LogP contribution < -0.4 is 39.6 Å². The van der Waals surface area contributed by atoms with E-state index in [-0.39, 0.29) is 57.5 Å². The Morgan fingerprint density at radius 1 is 0.739 bits per heavy atom. The molecule has 0 saturated heterocycles. The molecule has 5 aromatic rings. The SMILES string of the molecule is COc1cc(N=Nc2ccc(S(=O)(=O)[O-])cc2)c(C)cc1N=Nc1c(S(=O)(=O)[O-])cc2cc(Nc3ccccc3)ccc2c1O.[Na+]. The first-order valence-corrected chi connectivity index (χ1v) is 15.8. The van der Waals surface area contributed by atoms with Crippen LogP contribution in [-0.4, -0.2) is 38.2 Å². The number of anilines is 2. The Kier molecular flexibility index (Phi) is 10.6. The van der Waals surface area contributed by atoms with E-state index in [0.29, 0.717) is 16.9 Å². The first kappa shape index (κ1) is 34.6. The summed E-state index contributed by atoms with van der Waals surface area (Å²) in [5.41, 5.74) is 2.16. The molecule has 0 aromatic heterocycles. The number of phenols is 1. The number of aromatic hydroxyl groups is 1. The van der Waals surface area contributed by atoms with Gasteiger partial charge in [0, 0.05) is 22.8 Å². The molecule has 0 heterocycles. The molecule has 5 aromatic carbocycles. The number of hydrogen-bond acceptors (Lipinski definition) is 13. The summed E-state index contributed by atoms with van der Waals surface area (Å²) in [6.45, 7) is 1.68. The summed E-state index contributed by atoms with van der Waals surface area (Å²) < 4.78 is 75.5. The minimum absolute atomic E-state index is 0. The maximum atomic E-state index is 12.2. The Morgan fingerprint density at radius 3 is 2.04 bits per heavy atom. The topological polar surface area (TPSA) is 205 Å². The third-order valence-electron chi connectivity index (χ3n) is 6.54. The van der Waals surface area contributed by atoms with Crippen molar-refractivity contribution in [2.75, 3.05) is 12.4 Å². The number of ether oxygens (including phenoxy) is 1. The Morgan fingerprint density at radius 2 is 1.41 bits per heavy atom. The average molecular weight is 669 g/mol. The van der Waals surface area contributed by atoms with Crippen LogP contribution in [-0.2, 0) is 20.2 Å². The summed E-state index contributed by atoms with van der Waals surface area (Å²) in [6, 6.07) is 23.1. The van der Waals surface area contributed by atoms with Crippen LogP contribution in [0.25, 0.3) is 10.8 Å². The molecule has 13 nitrogen and oxygen atoms in total. The smallest absolute Gasteiger partial charge is 0.744 e. The predicted octanol–water partition coefficient (Wildman–Crippen LogP) is 4.25. The molecule has 0 amide bonds. The number of azo groups is 2. The molecule has 0 aliphatic heterocycles. The largest absolute Gasteiger partial charge is 1.00 e. The molecule has 230 valence electrons. The van der Waals surface area contributed by atoms with Crippen molar-refractivity contribution in [2.45, 2.75) is 16.7 Å². The zero-order chi connectivity index (χ0) is 32.4. The van der Waals surface area contributed by atoms with Crippen LogP contribution in [0.5, 0.6) is 11.5 Å². The van der Waals surface area contributed by atoms with E-state index in [9.17, 15) is 31.0 Å². The predicted molar refractivity (Wildman–Crippen MR) is 164 cm³/mol. The molecule has 16 heteroatoms. The van der Waals surface area contributed by atoms with Crippen LogP contribution in [0, 0.1) is 6.92 Å². The van der Waals surface area contributed by atoms with E-state index in [0.717, 1.165) is 23.9 Å². The first-order valence-electron chi connectivity index (χ1n) is 13.0. The Hall–Kier alpha value is -4.22. The minimum Gasteiger partial charge on any atom is -0.744 e. The molecule has 0 aliphatic carbocycles. The van der Waals surface area contributed by atoms with Gasteiger partial charge in [-0.2, -0.15) is 10.2 Å². The van der Waals surface area contributed by atoms with Gasteiger partial charge in [-0.05, 0) is 84.6 Å². The second kappa shape index (κ2) is 14.0. The van der Waals surface area contributed by atoms with Gasteiger partial charge in [-0.25, -0.2) is 16.8 Å². The van der Waals surface area contributed by atoms with Crippen molar-refractivity contribution in [3.8, 4) is 11.5 Å². The quantitative estimate of drug-likeness (QED) is 0.131. The molecular formula is C30H23N5NaO8S2-. The number of nitrogens with zero attached hydrogens (tertiary/aromatic N) is 4. The molecule has 0 atom stereocenters. The van der Waals surface area contributed by atoms with Gasteiger partial charge in [0.05, 0.1) is 28.3 Å². The Bertz CT molecular complexity index is 2200. The van der Waals surface area contributed by atoms with Crippen molar-refractivity contribution >= 4 is 65.1 Å².